The standard InChI is InChI=1S/C25H19ClN2O3/c1-14-11-15(2)23-19(12-14)20(13-22(28-23)18-5-3-4-6-21(18)26)24(29)27-17-9-7-16(8-10-17)25(30)31/h3-13H,1-2H3,(H,27,29)(H,30,31). The number of carbonyl (C=O) groups is 2. The van der Waals surface area contributed by atoms with Crippen molar-refractivity contribution in [2.24, 2.45) is 0 Å². The molecule has 0 aliphatic heterocycles. The lowest BCUT2D eigenvalue weighted by molar-refractivity contribution is 0.0696. The first kappa shape index (κ1) is 20.6. The Bertz CT molecular complexity index is 1330. The maximum absolute atomic E-state index is 13.2. The lowest BCUT2D eigenvalue weighted by atomic mass is 9.99. The molecule has 1 amide bonds. The van der Waals surface area contributed by atoms with Crippen molar-refractivity contribution in [2.45, 2.75) is 13.8 Å². The molecule has 0 spiro atoms. The van der Waals surface area contributed by atoms with Crippen molar-refractivity contribution in [2.75, 3.05) is 5.32 Å². The molecule has 3 aromatic carbocycles. The molecule has 0 unspecified atom stereocenters. The number of amides is 1. The van der Waals surface area contributed by atoms with Gasteiger partial charge in [-0.15, -0.1) is 0 Å². The van der Waals surface area contributed by atoms with Gasteiger partial charge >= 0.3 is 5.97 Å². The zero-order valence-corrected chi connectivity index (χ0v) is 17.7. The molecule has 4 aromatic rings. The van der Waals surface area contributed by atoms with Gasteiger partial charge in [0, 0.05) is 21.7 Å². The predicted molar refractivity (Wildman–Crippen MR) is 123 cm³/mol. The van der Waals surface area contributed by atoms with E-state index in [0.29, 0.717) is 22.0 Å². The van der Waals surface area contributed by atoms with E-state index < -0.39 is 5.97 Å². The van der Waals surface area contributed by atoms with Crippen LogP contribution < -0.4 is 5.32 Å². The lowest BCUT2D eigenvalue weighted by Gasteiger charge is -2.13. The summed E-state index contributed by atoms with van der Waals surface area (Å²) in [5.41, 5.74) is 5.19. The number of anilines is 1. The Hall–Kier alpha value is -3.70. The number of pyridine rings is 1. The minimum Gasteiger partial charge on any atom is -0.478 e. The number of carboxylic acids is 1. The molecule has 0 atom stereocenters. The van der Waals surface area contributed by atoms with Crippen LogP contribution in [-0.2, 0) is 0 Å². The number of hydrogen-bond acceptors (Lipinski definition) is 3. The fourth-order valence-corrected chi connectivity index (χ4v) is 3.80. The Morgan fingerprint density at radius 3 is 2.35 bits per heavy atom. The number of nitrogens with one attached hydrogen (secondary N) is 1. The molecule has 1 aromatic heterocycles. The molecule has 6 heteroatoms. The van der Waals surface area contributed by atoms with Gasteiger partial charge in [0.1, 0.15) is 0 Å². The summed E-state index contributed by atoms with van der Waals surface area (Å²) < 4.78 is 0. The fraction of sp³-hybridized carbons (Fsp3) is 0.0800. The first-order chi connectivity index (χ1) is 14.8. The Labute approximate surface area is 184 Å². The summed E-state index contributed by atoms with van der Waals surface area (Å²) in [6, 6.07) is 19.1. The van der Waals surface area contributed by atoms with Crippen molar-refractivity contribution in [3.05, 3.63) is 94.0 Å². The van der Waals surface area contributed by atoms with E-state index >= 15 is 0 Å². The topological polar surface area (TPSA) is 79.3 Å². The third-order valence-corrected chi connectivity index (χ3v) is 5.36. The number of benzene rings is 3. The summed E-state index contributed by atoms with van der Waals surface area (Å²) in [5, 5.41) is 13.2. The highest BCUT2D eigenvalue weighted by atomic mass is 35.5. The maximum atomic E-state index is 13.2. The zero-order valence-electron chi connectivity index (χ0n) is 16.9. The summed E-state index contributed by atoms with van der Waals surface area (Å²) in [4.78, 5) is 29.1. The lowest BCUT2D eigenvalue weighted by Crippen LogP contribution is -2.13. The number of halogens is 1. The van der Waals surface area contributed by atoms with E-state index in [0.717, 1.165) is 27.6 Å². The highest BCUT2D eigenvalue weighted by Gasteiger charge is 2.17. The van der Waals surface area contributed by atoms with Gasteiger partial charge in [-0.05, 0) is 61.9 Å². The Kier molecular flexibility index (Phi) is 5.44. The molecule has 1 heterocycles. The van der Waals surface area contributed by atoms with Gasteiger partial charge in [0.05, 0.1) is 22.3 Å². The maximum Gasteiger partial charge on any atom is 0.335 e. The number of carboxylic acid groups (broad SMARTS) is 1. The summed E-state index contributed by atoms with van der Waals surface area (Å²) in [7, 11) is 0. The van der Waals surface area contributed by atoms with Crippen LogP contribution in [0.2, 0.25) is 5.02 Å². The molecule has 0 saturated carbocycles. The average molecular weight is 431 g/mol. The molecule has 4 rings (SSSR count). The van der Waals surface area contributed by atoms with Crippen molar-refractivity contribution >= 4 is 40.1 Å². The molecule has 0 aliphatic carbocycles. The van der Waals surface area contributed by atoms with Crippen LogP contribution in [-0.4, -0.2) is 22.0 Å². The number of nitrogens with zero attached hydrogens (tertiary/aromatic N) is 1. The van der Waals surface area contributed by atoms with E-state index in [2.05, 4.69) is 5.32 Å². The Morgan fingerprint density at radius 2 is 1.68 bits per heavy atom. The van der Waals surface area contributed by atoms with E-state index in [1.165, 1.54) is 12.1 Å². The Morgan fingerprint density at radius 1 is 0.968 bits per heavy atom. The number of aromatic carboxylic acids is 1. The SMILES string of the molecule is Cc1cc(C)c2nc(-c3ccccc3Cl)cc(C(=O)Nc3ccc(C(=O)O)cc3)c2c1. The summed E-state index contributed by atoms with van der Waals surface area (Å²) in [5.74, 6) is -1.33. The van der Waals surface area contributed by atoms with Crippen LogP contribution in [0.25, 0.3) is 22.2 Å². The van der Waals surface area contributed by atoms with Gasteiger partial charge in [0.25, 0.3) is 5.91 Å². The van der Waals surface area contributed by atoms with Gasteiger partial charge in [0.2, 0.25) is 0 Å². The van der Waals surface area contributed by atoms with Crippen LogP contribution >= 0.6 is 11.6 Å². The van der Waals surface area contributed by atoms with E-state index in [4.69, 9.17) is 21.7 Å². The molecule has 154 valence electrons. The minimum atomic E-state index is -1.02. The second kappa shape index (κ2) is 8.20. The molecule has 0 radical (unpaired) electrons. The van der Waals surface area contributed by atoms with Crippen LogP contribution in [0, 0.1) is 13.8 Å². The number of hydrogen-bond donors (Lipinski definition) is 2. The number of fused-ring (bicyclic) bond motifs is 1. The van der Waals surface area contributed by atoms with Crippen LogP contribution in [0.3, 0.4) is 0 Å². The smallest absolute Gasteiger partial charge is 0.335 e. The number of aromatic nitrogens is 1. The van der Waals surface area contributed by atoms with E-state index in [1.807, 2.05) is 44.2 Å². The minimum absolute atomic E-state index is 0.152. The molecule has 0 fully saturated rings. The molecule has 0 saturated heterocycles. The summed E-state index contributed by atoms with van der Waals surface area (Å²) in [6.45, 7) is 3.94. The van der Waals surface area contributed by atoms with Gasteiger partial charge in [-0.1, -0.05) is 41.4 Å². The first-order valence-electron chi connectivity index (χ1n) is 9.65. The number of rotatable bonds is 4. The molecule has 0 aliphatic rings. The first-order valence-corrected chi connectivity index (χ1v) is 10.0. The van der Waals surface area contributed by atoms with E-state index in [-0.39, 0.29) is 11.5 Å². The number of carbonyl (C=O) groups excluding carboxylic acids is 1. The molecule has 2 N–H and O–H groups in total. The third kappa shape index (κ3) is 4.13. The number of aryl methyl sites for hydroxylation is 2. The van der Waals surface area contributed by atoms with Gasteiger partial charge < -0.3 is 10.4 Å². The quantitative estimate of drug-likeness (QED) is 0.408. The molecular formula is C25H19ClN2O3. The largest absolute Gasteiger partial charge is 0.478 e. The van der Waals surface area contributed by atoms with Crippen molar-refractivity contribution in [1.82, 2.24) is 4.98 Å². The van der Waals surface area contributed by atoms with Crippen LogP contribution in [0.15, 0.2) is 66.7 Å². The average Bonchev–Trinajstić information content (AvgIpc) is 2.74. The molecule has 0 bridgehead atoms. The summed E-state index contributed by atoms with van der Waals surface area (Å²) >= 11 is 6.39. The zero-order chi connectivity index (χ0) is 22.1. The second-order valence-corrected chi connectivity index (χ2v) is 7.76. The van der Waals surface area contributed by atoms with E-state index in [1.54, 1.807) is 24.3 Å². The normalized spacial score (nSPS) is 10.8. The van der Waals surface area contributed by atoms with Crippen LogP contribution in [0.4, 0.5) is 5.69 Å². The second-order valence-electron chi connectivity index (χ2n) is 7.35. The van der Waals surface area contributed by atoms with Gasteiger partial charge in [0.15, 0.2) is 0 Å². The van der Waals surface area contributed by atoms with Crippen LogP contribution in [0.5, 0.6) is 0 Å². The van der Waals surface area contributed by atoms with Crippen LogP contribution in [0.1, 0.15) is 31.8 Å². The monoisotopic (exact) mass is 430 g/mol. The van der Waals surface area contributed by atoms with Crippen molar-refractivity contribution in [3.63, 3.8) is 0 Å². The highest BCUT2D eigenvalue weighted by molar-refractivity contribution is 6.33. The highest BCUT2D eigenvalue weighted by Crippen LogP contribution is 2.31. The van der Waals surface area contributed by atoms with Gasteiger partial charge in [-0.25, -0.2) is 9.78 Å². The molecule has 5 nitrogen and oxygen atoms in total. The van der Waals surface area contributed by atoms with Gasteiger partial charge in [-0.2, -0.15) is 0 Å². The summed E-state index contributed by atoms with van der Waals surface area (Å²) in [6.07, 6.45) is 0. The van der Waals surface area contributed by atoms with Crippen molar-refractivity contribution in [1.29, 1.82) is 0 Å². The fourth-order valence-electron chi connectivity index (χ4n) is 3.57. The van der Waals surface area contributed by atoms with Crippen molar-refractivity contribution in [3.8, 4) is 11.3 Å². The molecule has 31 heavy (non-hydrogen) atoms. The molecular weight excluding hydrogens is 412 g/mol. The van der Waals surface area contributed by atoms with Crippen molar-refractivity contribution < 1.29 is 14.7 Å². The predicted octanol–water partition coefficient (Wildman–Crippen LogP) is 6.12. The Balaban J connectivity index is 1.84. The van der Waals surface area contributed by atoms with Gasteiger partial charge in [-0.3, -0.25) is 4.79 Å². The third-order valence-electron chi connectivity index (χ3n) is 5.03. The van der Waals surface area contributed by atoms with E-state index in [9.17, 15) is 9.59 Å².